The first-order valence-corrected chi connectivity index (χ1v) is 14.1. The van der Waals surface area contributed by atoms with Crippen molar-refractivity contribution in [2.24, 2.45) is 5.41 Å². The zero-order valence-electron chi connectivity index (χ0n) is 23.4. The number of aromatic nitrogens is 1. The quantitative estimate of drug-likeness (QED) is 0.408. The van der Waals surface area contributed by atoms with E-state index in [0.717, 1.165) is 42.4 Å². The first-order valence-electron chi connectivity index (χ1n) is 14.1. The molecule has 2 fully saturated rings. The van der Waals surface area contributed by atoms with Gasteiger partial charge in [0, 0.05) is 37.1 Å². The second-order valence-electron chi connectivity index (χ2n) is 12.0. The van der Waals surface area contributed by atoms with Gasteiger partial charge in [-0.05, 0) is 79.5 Å². The van der Waals surface area contributed by atoms with Gasteiger partial charge in [-0.15, -0.1) is 0 Å². The number of amides is 2. The number of benzene rings is 2. The molecule has 8 heteroatoms. The van der Waals surface area contributed by atoms with Gasteiger partial charge >= 0.3 is 5.97 Å². The summed E-state index contributed by atoms with van der Waals surface area (Å²) >= 11 is 0. The van der Waals surface area contributed by atoms with Crippen LogP contribution in [0, 0.1) is 12.3 Å². The van der Waals surface area contributed by atoms with Crippen molar-refractivity contribution in [3.8, 4) is 5.75 Å². The lowest BCUT2D eigenvalue weighted by atomic mass is 9.93. The minimum atomic E-state index is -0.287. The van der Waals surface area contributed by atoms with Gasteiger partial charge in [0.05, 0.1) is 16.6 Å². The third-order valence-corrected chi connectivity index (χ3v) is 8.51. The smallest absolute Gasteiger partial charge is 0.338 e. The molecule has 3 aromatic rings. The molecular formula is C32H35N3O5. The summed E-state index contributed by atoms with van der Waals surface area (Å²) in [5, 5.41) is 0.677. The summed E-state index contributed by atoms with van der Waals surface area (Å²) in [6.45, 7) is 9.69. The number of piperidine rings is 1. The van der Waals surface area contributed by atoms with E-state index in [1.54, 1.807) is 12.1 Å². The molecule has 3 aliphatic heterocycles. The number of pyridine rings is 1. The van der Waals surface area contributed by atoms with Gasteiger partial charge in [0.1, 0.15) is 24.7 Å². The number of hydrogen-bond acceptors (Lipinski definition) is 6. The molecule has 40 heavy (non-hydrogen) atoms. The number of rotatable bonds is 5. The van der Waals surface area contributed by atoms with Crippen molar-refractivity contribution < 1.29 is 23.9 Å². The predicted molar refractivity (Wildman–Crippen MR) is 150 cm³/mol. The van der Waals surface area contributed by atoms with Crippen LogP contribution in [0.3, 0.4) is 0 Å². The molecule has 3 aliphatic rings. The van der Waals surface area contributed by atoms with Gasteiger partial charge < -0.3 is 19.3 Å². The van der Waals surface area contributed by atoms with Crippen LogP contribution >= 0.6 is 0 Å². The molecule has 0 bridgehead atoms. The van der Waals surface area contributed by atoms with Gasteiger partial charge in [0.25, 0.3) is 11.8 Å². The van der Waals surface area contributed by atoms with Crippen LogP contribution in [0.1, 0.15) is 87.4 Å². The van der Waals surface area contributed by atoms with E-state index in [-0.39, 0.29) is 29.8 Å². The Balaban J connectivity index is 1.32. The van der Waals surface area contributed by atoms with Crippen LogP contribution in [0.15, 0.2) is 36.4 Å². The zero-order chi connectivity index (χ0) is 28.0. The molecule has 2 aromatic carbocycles. The molecule has 0 N–H and O–H groups in total. The number of nitrogens with zero attached hydrogens (tertiary/aromatic N) is 3. The molecular weight excluding hydrogens is 506 g/mol. The van der Waals surface area contributed by atoms with Crippen molar-refractivity contribution >= 4 is 28.7 Å². The number of esters is 1. The first kappa shape index (κ1) is 26.3. The van der Waals surface area contributed by atoms with Crippen LogP contribution in [0.4, 0.5) is 0 Å². The van der Waals surface area contributed by atoms with Gasteiger partial charge in [0.15, 0.2) is 0 Å². The summed E-state index contributed by atoms with van der Waals surface area (Å²) in [5.41, 5.74) is 4.94. The maximum atomic E-state index is 13.8. The van der Waals surface area contributed by atoms with Crippen molar-refractivity contribution in [3.05, 3.63) is 69.9 Å². The average molecular weight is 542 g/mol. The molecule has 0 spiro atoms. The highest BCUT2D eigenvalue weighted by Gasteiger charge is 2.34. The Morgan fingerprint density at radius 2 is 1.80 bits per heavy atom. The van der Waals surface area contributed by atoms with Gasteiger partial charge in [-0.1, -0.05) is 19.9 Å². The normalized spacial score (nSPS) is 18.1. The van der Waals surface area contributed by atoms with Crippen LogP contribution in [-0.2, 0) is 18.0 Å². The van der Waals surface area contributed by atoms with Crippen LogP contribution in [0.2, 0.25) is 0 Å². The molecule has 208 valence electrons. The highest BCUT2D eigenvalue weighted by molar-refractivity contribution is 6.09. The highest BCUT2D eigenvalue weighted by Crippen LogP contribution is 2.32. The molecule has 2 amide bonds. The molecule has 8 nitrogen and oxygen atoms in total. The summed E-state index contributed by atoms with van der Waals surface area (Å²) in [6, 6.07) is 10.9. The number of carbonyl (C=O) groups excluding carboxylic acids is 3. The minimum Gasteiger partial charge on any atom is -0.489 e. The lowest BCUT2D eigenvalue weighted by Gasteiger charge is -2.27. The third kappa shape index (κ3) is 4.91. The fraction of sp³-hybridized carbons (Fsp3) is 0.438. The van der Waals surface area contributed by atoms with Crippen LogP contribution < -0.4 is 4.74 Å². The van der Waals surface area contributed by atoms with Gasteiger partial charge in [-0.3, -0.25) is 9.59 Å². The molecule has 6 rings (SSSR count). The van der Waals surface area contributed by atoms with Gasteiger partial charge in [-0.2, -0.15) is 0 Å². The predicted octanol–water partition coefficient (Wildman–Crippen LogP) is 5.29. The number of likely N-dealkylation sites (tertiary alicyclic amines) is 2. The van der Waals surface area contributed by atoms with E-state index in [1.165, 1.54) is 0 Å². The Labute approximate surface area is 234 Å². The maximum Gasteiger partial charge on any atom is 0.338 e. The Hall–Kier alpha value is -3.94. The maximum absolute atomic E-state index is 13.8. The van der Waals surface area contributed by atoms with Crippen LogP contribution in [-0.4, -0.2) is 58.7 Å². The Morgan fingerprint density at radius 1 is 1.00 bits per heavy atom. The average Bonchev–Trinajstić information content (AvgIpc) is 3.53. The van der Waals surface area contributed by atoms with Crippen molar-refractivity contribution in [1.29, 1.82) is 0 Å². The van der Waals surface area contributed by atoms with E-state index in [1.807, 2.05) is 41.0 Å². The van der Waals surface area contributed by atoms with Crippen LogP contribution in [0.5, 0.6) is 5.75 Å². The topological polar surface area (TPSA) is 89.0 Å². The number of hydrogen-bond donors (Lipinski definition) is 0. The van der Waals surface area contributed by atoms with Crippen molar-refractivity contribution in [2.45, 2.75) is 59.7 Å². The second-order valence-corrected chi connectivity index (χ2v) is 12.0. The van der Waals surface area contributed by atoms with Crippen molar-refractivity contribution in [2.75, 3.05) is 26.2 Å². The van der Waals surface area contributed by atoms with Crippen molar-refractivity contribution in [3.63, 3.8) is 0 Å². The van der Waals surface area contributed by atoms with E-state index in [2.05, 4.69) is 13.8 Å². The summed E-state index contributed by atoms with van der Waals surface area (Å²) in [5.74, 6) is 0.119. The van der Waals surface area contributed by atoms with E-state index >= 15 is 0 Å². The van der Waals surface area contributed by atoms with Gasteiger partial charge in [0.2, 0.25) is 0 Å². The SMILES string of the molecule is Cc1c(COc2ccc3nc(C(=O)N4CCC(C)(C)C4)cc(C(=O)N4CCCCC4)c3c2)ccc2c1COC2=O. The fourth-order valence-corrected chi connectivity index (χ4v) is 6.01. The number of cyclic esters (lactones) is 1. The largest absolute Gasteiger partial charge is 0.489 e. The monoisotopic (exact) mass is 541 g/mol. The van der Waals surface area contributed by atoms with E-state index in [9.17, 15) is 14.4 Å². The Bertz CT molecular complexity index is 1520. The van der Waals surface area contributed by atoms with Gasteiger partial charge in [-0.25, -0.2) is 9.78 Å². The molecule has 4 heterocycles. The summed E-state index contributed by atoms with van der Waals surface area (Å²) < 4.78 is 11.4. The molecule has 0 aliphatic carbocycles. The molecule has 0 unspecified atom stereocenters. The first-order chi connectivity index (χ1) is 19.2. The lowest BCUT2D eigenvalue weighted by molar-refractivity contribution is 0.0534. The highest BCUT2D eigenvalue weighted by atomic mass is 16.5. The number of ether oxygens (including phenoxy) is 2. The number of fused-ring (bicyclic) bond motifs is 2. The minimum absolute atomic E-state index is 0.0702. The van der Waals surface area contributed by atoms with E-state index in [0.29, 0.717) is 66.3 Å². The summed E-state index contributed by atoms with van der Waals surface area (Å²) in [4.78, 5) is 47.6. The molecule has 2 saturated heterocycles. The molecule has 0 saturated carbocycles. The fourth-order valence-electron chi connectivity index (χ4n) is 6.01. The third-order valence-electron chi connectivity index (χ3n) is 8.51. The molecule has 1 aromatic heterocycles. The van der Waals surface area contributed by atoms with E-state index in [4.69, 9.17) is 14.5 Å². The summed E-state index contributed by atoms with van der Waals surface area (Å²) in [7, 11) is 0. The second kappa shape index (κ2) is 10.2. The Kier molecular flexibility index (Phi) is 6.72. The van der Waals surface area contributed by atoms with Crippen LogP contribution in [0.25, 0.3) is 10.9 Å². The van der Waals surface area contributed by atoms with E-state index < -0.39 is 0 Å². The van der Waals surface area contributed by atoms with Crippen molar-refractivity contribution in [1.82, 2.24) is 14.8 Å². The lowest BCUT2D eigenvalue weighted by Crippen LogP contribution is -2.36. The standard InChI is InChI=1S/C32H35N3O5/c1-20-21(7-9-23-26(20)18-40-31(23)38)17-39-22-8-10-27-24(15-22)25(29(36)34-12-5-4-6-13-34)16-28(33-27)30(37)35-14-11-32(2,3)19-35/h7-10,15-16H,4-6,11-14,17-19H2,1-3H3. The molecule has 0 radical (unpaired) electrons. The summed E-state index contributed by atoms with van der Waals surface area (Å²) in [6.07, 6.45) is 4.03. The molecule has 0 atom stereocenters. The number of carbonyl (C=O) groups is 3. The Morgan fingerprint density at radius 3 is 2.55 bits per heavy atom. The zero-order valence-corrected chi connectivity index (χ0v) is 23.4.